The summed E-state index contributed by atoms with van der Waals surface area (Å²) in [6, 6.07) is 11.9. The number of hydrogen-bond donors (Lipinski definition) is 1. The van der Waals surface area contributed by atoms with E-state index in [-0.39, 0.29) is 5.91 Å². The Hall–Kier alpha value is -2.76. The Labute approximate surface area is 178 Å². The van der Waals surface area contributed by atoms with Gasteiger partial charge in [-0.1, -0.05) is 64.0 Å². The van der Waals surface area contributed by atoms with E-state index in [4.69, 9.17) is 4.74 Å². The van der Waals surface area contributed by atoms with Gasteiger partial charge in [0.1, 0.15) is 12.1 Å². The zero-order valence-electron chi connectivity index (χ0n) is 18.5. The molecule has 1 aliphatic heterocycles. The zero-order valence-corrected chi connectivity index (χ0v) is 18.5. The summed E-state index contributed by atoms with van der Waals surface area (Å²) in [4.78, 5) is 17.1. The zero-order chi connectivity index (χ0) is 21.5. The van der Waals surface area contributed by atoms with E-state index in [1.54, 1.807) is 13.4 Å². The number of rotatable bonds is 5. The van der Waals surface area contributed by atoms with Gasteiger partial charge in [-0.2, -0.15) is 0 Å². The molecule has 2 aromatic heterocycles. The molecule has 1 N–H and O–H groups in total. The minimum absolute atomic E-state index is 0.170. The van der Waals surface area contributed by atoms with Gasteiger partial charge in [0.05, 0.1) is 12.6 Å². The average molecular weight is 403 g/mol. The van der Waals surface area contributed by atoms with Crippen molar-refractivity contribution in [3.8, 4) is 5.75 Å². The molecule has 0 bridgehead atoms. The number of methoxy groups -OCH3 is 1. The van der Waals surface area contributed by atoms with Crippen LogP contribution < -0.4 is 15.5 Å². The van der Waals surface area contributed by atoms with Crippen LogP contribution in [0.4, 0.5) is 0 Å². The predicted octanol–water partition coefficient (Wildman–Crippen LogP) is 4.04. The Balaban J connectivity index is 1.50. The van der Waals surface area contributed by atoms with E-state index in [2.05, 4.69) is 50.3 Å². The van der Waals surface area contributed by atoms with E-state index in [1.807, 2.05) is 34.7 Å². The van der Waals surface area contributed by atoms with Crippen LogP contribution in [0, 0.1) is 10.8 Å². The summed E-state index contributed by atoms with van der Waals surface area (Å²) in [6.07, 6.45) is 6.23. The Morgan fingerprint density at radius 3 is 2.60 bits per heavy atom. The molecule has 0 aliphatic carbocycles. The molecule has 6 heteroatoms. The number of nitrogens with one attached hydrogen (secondary N) is 1. The standard InChI is InChI=1S/C24H30BN3O2/c1-23(2)14-25(15-24(23,3)4)18-9-10-20-21(27-16-28(20)13-18)22(29)26-12-17-7-6-8-19(11-17)30-5/h6-11,13,16H,12,14-15H2,1-5H3,(H,26,29). The van der Waals surface area contributed by atoms with Gasteiger partial charge in [0.25, 0.3) is 5.91 Å². The molecule has 0 saturated carbocycles. The highest BCUT2D eigenvalue weighted by atomic mass is 16.5. The molecule has 5 nitrogen and oxygen atoms in total. The molecule has 3 aromatic rings. The summed E-state index contributed by atoms with van der Waals surface area (Å²) in [7, 11) is 1.64. The van der Waals surface area contributed by atoms with Gasteiger partial charge in [-0.05, 0) is 34.6 Å². The maximum absolute atomic E-state index is 12.7. The lowest BCUT2D eigenvalue weighted by Gasteiger charge is -2.35. The van der Waals surface area contributed by atoms with Crippen molar-refractivity contribution >= 4 is 23.6 Å². The Morgan fingerprint density at radius 1 is 1.17 bits per heavy atom. The molecule has 3 heterocycles. The summed E-state index contributed by atoms with van der Waals surface area (Å²) in [5.41, 5.74) is 4.22. The monoisotopic (exact) mass is 403 g/mol. The molecule has 4 rings (SSSR count). The Morgan fingerprint density at radius 2 is 1.90 bits per heavy atom. The van der Waals surface area contributed by atoms with Crippen LogP contribution in [0.15, 0.2) is 48.9 Å². The van der Waals surface area contributed by atoms with Crippen LogP contribution in [0.2, 0.25) is 12.6 Å². The van der Waals surface area contributed by atoms with E-state index >= 15 is 0 Å². The molecule has 0 atom stereocenters. The van der Waals surface area contributed by atoms with Gasteiger partial charge in [0.2, 0.25) is 0 Å². The first-order chi connectivity index (χ1) is 14.2. The number of carbonyl (C=O) groups excluding carboxylic acids is 1. The van der Waals surface area contributed by atoms with Gasteiger partial charge in [0, 0.05) is 12.7 Å². The number of benzene rings is 1. The first-order valence-electron chi connectivity index (χ1n) is 10.6. The topological polar surface area (TPSA) is 55.6 Å². The predicted molar refractivity (Wildman–Crippen MR) is 122 cm³/mol. The van der Waals surface area contributed by atoms with Crippen molar-refractivity contribution in [2.75, 3.05) is 7.11 Å². The number of pyridine rings is 1. The summed E-state index contributed by atoms with van der Waals surface area (Å²) in [6.45, 7) is 10.4. The van der Waals surface area contributed by atoms with Crippen LogP contribution in [0.25, 0.3) is 5.52 Å². The molecule has 1 aliphatic rings. The highest BCUT2D eigenvalue weighted by Crippen LogP contribution is 2.52. The first kappa shape index (κ1) is 20.5. The number of fused-ring (bicyclic) bond motifs is 1. The number of ether oxygens (including phenoxy) is 1. The van der Waals surface area contributed by atoms with Crippen molar-refractivity contribution in [2.24, 2.45) is 10.8 Å². The molecule has 0 spiro atoms. The molecule has 1 saturated heterocycles. The first-order valence-corrected chi connectivity index (χ1v) is 10.6. The fourth-order valence-corrected chi connectivity index (χ4v) is 4.57. The lowest BCUT2D eigenvalue weighted by molar-refractivity contribution is 0.0948. The fraction of sp³-hybridized carbons (Fsp3) is 0.417. The van der Waals surface area contributed by atoms with E-state index in [1.165, 1.54) is 18.1 Å². The number of imidazole rings is 1. The van der Waals surface area contributed by atoms with Crippen LogP contribution in [-0.2, 0) is 6.54 Å². The van der Waals surface area contributed by atoms with Crippen molar-refractivity contribution in [2.45, 2.75) is 46.9 Å². The third-order valence-electron chi connectivity index (χ3n) is 7.17. The van der Waals surface area contributed by atoms with Crippen LogP contribution in [0.1, 0.15) is 43.7 Å². The highest BCUT2D eigenvalue weighted by molar-refractivity contribution is 6.74. The normalized spacial score (nSPS) is 17.3. The third-order valence-corrected chi connectivity index (χ3v) is 7.17. The second-order valence-electron chi connectivity index (χ2n) is 9.76. The molecular formula is C24H30BN3O2. The van der Waals surface area contributed by atoms with Gasteiger partial charge in [0.15, 0.2) is 12.4 Å². The summed E-state index contributed by atoms with van der Waals surface area (Å²) in [5.74, 6) is 0.608. The van der Waals surface area contributed by atoms with E-state index in [9.17, 15) is 4.79 Å². The minimum atomic E-state index is -0.170. The van der Waals surface area contributed by atoms with Crippen LogP contribution in [0.5, 0.6) is 5.75 Å². The van der Waals surface area contributed by atoms with Crippen molar-refractivity contribution in [3.05, 3.63) is 60.2 Å². The van der Waals surface area contributed by atoms with Gasteiger partial charge >= 0.3 is 0 Å². The molecule has 0 unspecified atom stereocenters. The SMILES string of the molecule is COc1cccc(CNC(=O)c2ncn3cc(B4CC(C)(C)C(C)(C)C4)ccc23)c1. The summed E-state index contributed by atoms with van der Waals surface area (Å²) < 4.78 is 7.22. The molecular weight excluding hydrogens is 373 g/mol. The van der Waals surface area contributed by atoms with E-state index in [0.717, 1.165) is 16.8 Å². The van der Waals surface area contributed by atoms with Crippen LogP contribution in [-0.4, -0.2) is 29.1 Å². The van der Waals surface area contributed by atoms with Crippen molar-refractivity contribution in [3.63, 3.8) is 0 Å². The van der Waals surface area contributed by atoms with Crippen LogP contribution >= 0.6 is 0 Å². The third kappa shape index (κ3) is 3.71. The Bertz CT molecular complexity index is 1070. The maximum Gasteiger partial charge on any atom is 0.272 e. The number of aromatic nitrogens is 2. The van der Waals surface area contributed by atoms with E-state index in [0.29, 0.717) is 29.8 Å². The van der Waals surface area contributed by atoms with Crippen molar-refractivity contribution in [1.82, 2.24) is 14.7 Å². The highest BCUT2D eigenvalue weighted by Gasteiger charge is 2.48. The lowest BCUT2D eigenvalue weighted by atomic mass is 9.42. The molecule has 0 radical (unpaired) electrons. The quantitative estimate of drug-likeness (QED) is 0.655. The largest absolute Gasteiger partial charge is 0.497 e. The lowest BCUT2D eigenvalue weighted by Crippen LogP contribution is -2.28. The maximum atomic E-state index is 12.7. The van der Waals surface area contributed by atoms with E-state index < -0.39 is 0 Å². The van der Waals surface area contributed by atoms with Gasteiger partial charge in [-0.25, -0.2) is 4.98 Å². The summed E-state index contributed by atoms with van der Waals surface area (Å²) >= 11 is 0. The average Bonchev–Trinajstić information content (AvgIpc) is 3.23. The summed E-state index contributed by atoms with van der Waals surface area (Å²) in [5, 5.41) is 2.97. The number of amides is 1. The van der Waals surface area contributed by atoms with Crippen molar-refractivity contribution in [1.29, 1.82) is 0 Å². The number of nitrogens with zero attached hydrogens (tertiary/aromatic N) is 2. The molecule has 30 heavy (non-hydrogen) atoms. The van der Waals surface area contributed by atoms with Gasteiger partial charge in [-0.15, -0.1) is 0 Å². The second kappa shape index (κ2) is 7.49. The minimum Gasteiger partial charge on any atom is -0.497 e. The van der Waals surface area contributed by atoms with Crippen LogP contribution in [0.3, 0.4) is 0 Å². The second-order valence-corrected chi connectivity index (χ2v) is 9.76. The van der Waals surface area contributed by atoms with Gasteiger partial charge < -0.3 is 14.5 Å². The molecule has 156 valence electrons. The van der Waals surface area contributed by atoms with Crippen molar-refractivity contribution < 1.29 is 9.53 Å². The smallest absolute Gasteiger partial charge is 0.272 e. The molecule has 1 fully saturated rings. The Kier molecular flexibility index (Phi) is 5.12. The van der Waals surface area contributed by atoms with Gasteiger partial charge in [-0.3, -0.25) is 4.79 Å². The number of hydrogen-bond acceptors (Lipinski definition) is 3. The molecule has 1 aromatic carbocycles. The number of carbonyl (C=O) groups is 1. The molecule has 1 amide bonds. The fourth-order valence-electron chi connectivity index (χ4n) is 4.57.